The van der Waals surface area contributed by atoms with Crippen molar-refractivity contribution in [3.8, 4) is 0 Å². The van der Waals surface area contributed by atoms with Crippen LogP contribution in [0.2, 0.25) is 5.04 Å². The van der Waals surface area contributed by atoms with E-state index in [0.717, 1.165) is 29.6 Å². The molecule has 0 saturated carbocycles. The number of phosphoric acid groups is 1. The summed E-state index contributed by atoms with van der Waals surface area (Å²) in [6, 6.07) is 20.4. The summed E-state index contributed by atoms with van der Waals surface area (Å²) in [6.07, 6.45) is 15.3. The predicted octanol–water partition coefficient (Wildman–Crippen LogP) is 8.80. The van der Waals surface area contributed by atoms with Gasteiger partial charge in [0.05, 0.1) is 34.4 Å². The number of benzene rings is 2. The van der Waals surface area contributed by atoms with Gasteiger partial charge in [-0.05, 0) is 21.8 Å². The predicted molar refractivity (Wildman–Crippen MR) is 208 cm³/mol. The first kappa shape index (κ1) is 44.3. The Labute approximate surface area is 305 Å². The summed E-state index contributed by atoms with van der Waals surface area (Å²) in [5.74, 6) is -0.355. The normalized spacial score (nSPS) is 14.3. The summed E-state index contributed by atoms with van der Waals surface area (Å²) >= 11 is 0. The number of rotatable bonds is 27. The summed E-state index contributed by atoms with van der Waals surface area (Å²) in [7, 11) is -1.42. The van der Waals surface area contributed by atoms with E-state index in [4.69, 9.17) is 18.2 Å². The Morgan fingerprint density at radius 3 is 1.64 bits per heavy atom. The molecule has 0 amide bonds. The molecular weight excluding hydrogens is 666 g/mol. The van der Waals surface area contributed by atoms with E-state index in [2.05, 4.69) is 52.0 Å². The Balaban J connectivity index is 2.04. The fourth-order valence-electron chi connectivity index (χ4n) is 6.27. The third-order valence-corrected chi connectivity index (χ3v) is 15.1. The molecule has 2 rings (SSSR count). The van der Waals surface area contributed by atoms with E-state index in [0.29, 0.717) is 11.0 Å². The number of carbonyl (C=O) groups is 1. The maximum absolute atomic E-state index is 13.1. The van der Waals surface area contributed by atoms with E-state index in [9.17, 15) is 14.3 Å². The lowest BCUT2D eigenvalue weighted by Crippen LogP contribution is -2.67. The molecule has 0 aliphatic rings. The van der Waals surface area contributed by atoms with Crippen LogP contribution < -0.4 is 10.4 Å². The van der Waals surface area contributed by atoms with Crippen LogP contribution in [0.5, 0.6) is 0 Å². The van der Waals surface area contributed by atoms with Gasteiger partial charge in [0.25, 0.3) is 8.32 Å². The molecule has 2 atom stereocenters. The Bertz CT molecular complexity index is 1190. The summed E-state index contributed by atoms with van der Waals surface area (Å²) in [4.78, 5) is 23.6. The van der Waals surface area contributed by atoms with E-state index >= 15 is 0 Å². The molecule has 0 fully saturated rings. The van der Waals surface area contributed by atoms with E-state index in [-0.39, 0.29) is 37.2 Å². The van der Waals surface area contributed by atoms with Crippen LogP contribution in [0.15, 0.2) is 60.7 Å². The Morgan fingerprint density at radius 2 is 1.20 bits per heavy atom. The van der Waals surface area contributed by atoms with E-state index in [1.54, 1.807) is 0 Å². The van der Waals surface area contributed by atoms with Gasteiger partial charge in [-0.1, -0.05) is 165 Å². The van der Waals surface area contributed by atoms with Gasteiger partial charge >= 0.3 is 13.8 Å². The Kier molecular flexibility index (Phi) is 20.3. The van der Waals surface area contributed by atoms with Crippen LogP contribution in [0.3, 0.4) is 0 Å². The smallest absolute Gasteiger partial charge is 0.457 e. The lowest BCUT2D eigenvalue weighted by molar-refractivity contribution is -0.870. The zero-order valence-corrected chi connectivity index (χ0v) is 34.3. The molecule has 284 valence electrons. The molecule has 2 aromatic carbocycles. The van der Waals surface area contributed by atoms with Gasteiger partial charge in [0.1, 0.15) is 19.3 Å². The summed E-state index contributed by atoms with van der Waals surface area (Å²) < 4.78 is 37.0. The van der Waals surface area contributed by atoms with Gasteiger partial charge in [-0.3, -0.25) is 13.8 Å². The fourth-order valence-corrected chi connectivity index (χ4v) is 11.6. The lowest BCUT2D eigenvalue weighted by atomic mass is 10.0. The zero-order valence-electron chi connectivity index (χ0n) is 32.4. The molecule has 0 aromatic heterocycles. The second kappa shape index (κ2) is 23.0. The van der Waals surface area contributed by atoms with Gasteiger partial charge in [0.2, 0.25) is 0 Å². The van der Waals surface area contributed by atoms with Gasteiger partial charge in [-0.2, -0.15) is 0 Å². The molecule has 1 N–H and O–H groups in total. The molecule has 0 heterocycles. The van der Waals surface area contributed by atoms with E-state index in [1.807, 2.05) is 57.5 Å². The number of ether oxygens (including phenoxy) is 1. The summed E-state index contributed by atoms with van der Waals surface area (Å²) in [5, 5.41) is 1.89. The summed E-state index contributed by atoms with van der Waals surface area (Å²) in [5.41, 5.74) is 0. The second-order valence-corrected chi connectivity index (χ2v) is 21.4. The molecule has 0 spiro atoms. The van der Waals surface area contributed by atoms with Crippen molar-refractivity contribution in [2.75, 3.05) is 47.5 Å². The first-order chi connectivity index (χ1) is 23.7. The number of hydrogen-bond acceptors (Lipinski definition) is 6. The van der Waals surface area contributed by atoms with Gasteiger partial charge in [0.15, 0.2) is 0 Å². The maximum atomic E-state index is 13.1. The number of nitrogens with zero attached hydrogens (tertiary/aromatic N) is 1. The average Bonchev–Trinajstić information content (AvgIpc) is 3.05. The van der Waals surface area contributed by atoms with Crippen molar-refractivity contribution in [2.24, 2.45) is 0 Å². The van der Waals surface area contributed by atoms with Crippen LogP contribution in [-0.2, 0) is 27.6 Å². The highest BCUT2D eigenvalue weighted by Gasteiger charge is 2.50. The van der Waals surface area contributed by atoms with Crippen LogP contribution in [0.1, 0.15) is 118 Å². The van der Waals surface area contributed by atoms with E-state index in [1.165, 1.54) is 64.2 Å². The van der Waals surface area contributed by atoms with Crippen molar-refractivity contribution >= 4 is 32.5 Å². The zero-order chi connectivity index (χ0) is 36.9. The summed E-state index contributed by atoms with van der Waals surface area (Å²) in [6.45, 7) is 9.06. The minimum atomic E-state index is -4.39. The number of unbranched alkanes of at least 4 members (excludes halogenated alkanes) is 12. The quantitative estimate of drug-likeness (QED) is 0.0323. The molecule has 8 nitrogen and oxygen atoms in total. The molecule has 2 aromatic rings. The van der Waals surface area contributed by atoms with Gasteiger partial charge in [-0.25, -0.2) is 4.57 Å². The largest absolute Gasteiger partial charge is 0.472 e. The molecule has 0 saturated heterocycles. The molecule has 0 radical (unpaired) electrons. The molecule has 0 aliphatic heterocycles. The number of hydrogen-bond donors (Lipinski definition) is 1. The van der Waals surface area contributed by atoms with Crippen molar-refractivity contribution in [3.05, 3.63) is 60.7 Å². The minimum absolute atomic E-state index is 0.0104. The van der Waals surface area contributed by atoms with Crippen LogP contribution in [0, 0.1) is 0 Å². The number of carbonyl (C=O) groups excluding carboxylic acids is 1. The Morgan fingerprint density at radius 1 is 0.740 bits per heavy atom. The van der Waals surface area contributed by atoms with Crippen LogP contribution in [0.25, 0.3) is 0 Å². The van der Waals surface area contributed by atoms with Crippen molar-refractivity contribution in [3.63, 3.8) is 0 Å². The number of esters is 1. The highest BCUT2D eigenvalue weighted by atomic mass is 31.2. The molecule has 1 unspecified atom stereocenters. The molecular formula is C40H69NO7PSi+. The van der Waals surface area contributed by atoms with Crippen LogP contribution in [0.4, 0.5) is 0 Å². The third-order valence-electron chi connectivity index (χ3n) is 9.13. The van der Waals surface area contributed by atoms with Crippen LogP contribution >= 0.6 is 7.82 Å². The highest BCUT2D eigenvalue weighted by molar-refractivity contribution is 7.47. The molecule has 10 heteroatoms. The van der Waals surface area contributed by atoms with E-state index < -0.39 is 22.2 Å². The monoisotopic (exact) mass is 734 g/mol. The maximum Gasteiger partial charge on any atom is 0.472 e. The average molecular weight is 735 g/mol. The fraction of sp³-hybridized carbons (Fsp3) is 0.675. The molecule has 0 aliphatic carbocycles. The van der Waals surface area contributed by atoms with Crippen molar-refractivity contribution in [1.82, 2.24) is 0 Å². The number of quaternary nitrogens is 1. The first-order valence-electron chi connectivity index (χ1n) is 19.1. The molecule has 0 bridgehead atoms. The number of likely N-dealkylation sites (N-methyl/N-ethyl adjacent to an activating group) is 1. The van der Waals surface area contributed by atoms with Crippen molar-refractivity contribution < 1.29 is 36.9 Å². The van der Waals surface area contributed by atoms with Crippen molar-refractivity contribution in [2.45, 2.75) is 129 Å². The number of phosphoric ester groups is 1. The third kappa shape index (κ3) is 17.1. The minimum Gasteiger partial charge on any atom is -0.457 e. The highest BCUT2D eigenvalue weighted by Crippen LogP contribution is 2.43. The second-order valence-electron chi connectivity index (χ2n) is 15.7. The standard InChI is InChI=1S/C40H68NO7PSi/c1-8-9-10-11-12-13-14-15-16-17-18-19-26-31-39(42)48-36(34-46-49(43,44)45-33-32-41(5,6)7)35-47-50(40(2,3)4,37-27-22-20-23-28-37)38-29-24-21-25-30-38/h20-25,27-30,36H,8-19,26,31-35H2,1-7H3/p+1/t36-/m0/s1. The lowest BCUT2D eigenvalue weighted by Gasteiger charge is -2.43. The van der Waals surface area contributed by atoms with Gasteiger partial charge in [0, 0.05) is 6.42 Å². The van der Waals surface area contributed by atoms with Crippen LogP contribution in [-0.4, -0.2) is 77.3 Å². The molecule has 50 heavy (non-hydrogen) atoms. The van der Waals surface area contributed by atoms with Gasteiger partial charge in [-0.15, -0.1) is 0 Å². The topological polar surface area (TPSA) is 91.3 Å². The SMILES string of the molecule is CCCCCCCCCCCCCCCC(=O)O[C@H](CO[Si](c1ccccc1)(c1ccccc1)C(C)(C)C)COP(=O)(O)OCC[N+](C)(C)C. The first-order valence-corrected chi connectivity index (χ1v) is 22.5. The van der Waals surface area contributed by atoms with Crippen molar-refractivity contribution in [1.29, 1.82) is 0 Å². The Hall–Kier alpha value is -1.84. The van der Waals surface area contributed by atoms with Gasteiger partial charge < -0.3 is 18.5 Å².